The van der Waals surface area contributed by atoms with Gasteiger partial charge >= 0.3 is 0 Å². The van der Waals surface area contributed by atoms with Gasteiger partial charge in [-0.3, -0.25) is 16.0 Å². The van der Waals surface area contributed by atoms with Gasteiger partial charge in [-0.25, -0.2) is 0 Å². The second-order valence-electron chi connectivity index (χ2n) is 5.85. The molecule has 0 aliphatic carbocycles. The number of aromatic nitrogens is 2. The second-order valence-corrected chi connectivity index (χ2v) is 6.23. The first-order chi connectivity index (χ1) is 9.29. The molecule has 1 aromatic rings. The van der Waals surface area contributed by atoms with Crippen LogP contribution < -0.4 is 11.3 Å². The van der Waals surface area contributed by atoms with Crippen molar-refractivity contribution in [2.75, 3.05) is 14.1 Å². The zero-order chi connectivity index (χ0) is 15.5. The third-order valence-electron chi connectivity index (χ3n) is 4.30. The molecule has 1 unspecified atom stereocenters. The molecule has 116 valence electrons. The smallest absolute Gasteiger partial charge is 0.0850 e. The molecule has 6 heteroatoms. The van der Waals surface area contributed by atoms with Crippen LogP contribution in [0.3, 0.4) is 0 Å². The van der Waals surface area contributed by atoms with Crippen LogP contribution in [0.2, 0.25) is 5.02 Å². The van der Waals surface area contributed by atoms with E-state index in [1.54, 1.807) is 0 Å². The first-order valence-corrected chi connectivity index (χ1v) is 7.54. The fraction of sp³-hybridized carbons (Fsp3) is 0.786. The quantitative estimate of drug-likeness (QED) is 0.596. The number of hydrogen-bond acceptors (Lipinski definition) is 4. The molecule has 1 heterocycles. The van der Waals surface area contributed by atoms with Gasteiger partial charge in [0.15, 0.2) is 0 Å². The van der Waals surface area contributed by atoms with Crippen LogP contribution in [0.25, 0.3) is 0 Å². The predicted octanol–water partition coefficient (Wildman–Crippen LogP) is 1.83. The number of rotatable bonds is 7. The number of nitrogens with zero attached hydrogens (tertiary/aromatic N) is 3. The number of hydrogen-bond donors (Lipinski definition) is 2. The first-order valence-electron chi connectivity index (χ1n) is 7.17. The van der Waals surface area contributed by atoms with Crippen LogP contribution in [-0.4, -0.2) is 40.4 Å². The van der Waals surface area contributed by atoms with Gasteiger partial charge in [-0.1, -0.05) is 18.5 Å². The SMILES string of the molecule is CCc1nn(CC)c(CC(NN)C(C)(C)N(C)C)c1Cl. The van der Waals surface area contributed by atoms with Crippen LogP contribution in [0.4, 0.5) is 0 Å². The molecule has 0 amide bonds. The lowest BCUT2D eigenvalue weighted by Gasteiger charge is -2.39. The number of likely N-dealkylation sites (N-methyl/N-ethyl adjacent to an activating group) is 1. The Labute approximate surface area is 127 Å². The third-order valence-corrected chi connectivity index (χ3v) is 4.73. The molecule has 5 nitrogen and oxygen atoms in total. The van der Waals surface area contributed by atoms with Crippen LogP contribution in [0, 0.1) is 0 Å². The topological polar surface area (TPSA) is 59.1 Å². The summed E-state index contributed by atoms with van der Waals surface area (Å²) in [6.45, 7) is 9.29. The molecule has 0 saturated heterocycles. The van der Waals surface area contributed by atoms with E-state index in [-0.39, 0.29) is 11.6 Å². The van der Waals surface area contributed by atoms with Gasteiger partial charge in [0.25, 0.3) is 0 Å². The van der Waals surface area contributed by atoms with E-state index in [1.165, 1.54) is 0 Å². The molecule has 20 heavy (non-hydrogen) atoms. The average molecular weight is 302 g/mol. The highest BCUT2D eigenvalue weighted by Crippen LogP contribution is 2.26. The molecular weight excluding hydrogens is 274 g/mol. The van der Waals surface area contributed by atoms with Gasteiger partial charge in [0.1, 0.15) is 0 Å². The molecule has 1 atom stereocenters. The zero-order valence-corrected chi connectivity index (χ0v) is 14.3. The minimum atomic E-state index is -0.0900. The molecule has 0 fully saturated rings. The van der Waals surface area contributed by atoms with Crippen molar-refractivity contribution in [2.24, 2.45) is 5.84 Å². The van der Waals surface area contributed by atoms with Gasteiger partial charge in [0, 0.05) is 24.5 Å². The van der Waals surface area contributed by atoms with Crippen molar-refractivity contribution >= 4 is 11.6 Å². The van der Waals surface area contributed by atoms with Crippen LogP contribution in [0.15, 0.2) is 0 Å². The fourth-order valence-electron chi connectivity index (χ4n) is 2.23. The Kier molecular flexibility index (Phi) is 6.01. The Bertz CT molecular complexity index is 439. The van der Waals surface area contributed by atoms with Gasteiger partial charge in [-0.2, -0.15) is 5.10 Å². The third kappa shape index (κ3) is 3.34. The Morgan fingerprint density at radius 2 is 2.00 bits per heavy atom. The highest BCUT2D eigenvalue weighted by molar-refractivity contribution is 6.31. The van der Waals surface area contributed by atoms with Gasteiger partial charge < -0.3 is 4.90 Å². The molecular formula is C14H28ClN5. The van der Waals surface area contributed by atoms with E-state index in [2.05, 4.69) is 57.2 Å². The average Bonchev–Trinajstić information content (AvgIpc) is 2.71. The van der Waals surface area contributed by atoms with Crippen LogP contribution in [0.1, 0.15) is 39.1 Å². The van der Waals surface area contributed by atoms with Crippen molar-refractivity contribution in [3.05, 3.63) is 16.4 Å². The molecule has 0 radical (unpaired) electrons. The maximum Gasteiger partial charge on any atom is 0.0850 e. The lowest BCUT2D eigenvalue weighted by molar-refractivity contribution is 0.136. The Morgan fingerprint density at radius 1 is 1.40 bits per heavy atom. The van der Waals surface area contributed by atoms with Crippen molar-refractivity contribution < 1.29 is 0 Å². The van der Waals surface area contributed by atoms with Crippen LogP contribution >= 0.6 is 11.6 Å². The molecule has 1 aromatic heterocycles. The summed E-state index contributed by atoms with van der Waals surface area (Å²) in [7, 11) is 4.11. The molecule has 0 aromatic carbocycles. The molecule has 0 spiro atoms. The number of aryl methyl sites for hydroxylation is 2. The lowest BCUT2D eigenvalue weighted by atomic mass is 9.90. The summed E-state index contributed by atoms with van der Waals surface area (Å²) in [6, 6.07) is 0.0849. The number of halogens is 1. The Morgan fingerprint density at radius 3 is 2.40 bits per heavy atom. The first kappa shape index (κ1) is 17.4. The monoisotopic (exact) mass is 301 g/mol. The number of hydrazine groups is 1. The van der Waals surface area contributed by atoms with Gasteiger partial charge in [-0.15, -0.1) is 0 Å². The largest absolute Gasteiger partial charge is 0.303 e. The van der Waals surface area contributed by atoms with Gasteiger partial charge in [0.05, 0.1) is 16.4 Å². The molecule has 0 saturated carbocycles. The van der Waals surface area contributed by atoms with Crippen molar-refractivity contribution in [3.63, 3.8) is 0 Å². The van der Waals surface area contributed by atoms with E-state index >= 15 is 0 Å². The summed E-state index contributed by atoms with van der Waals surface area (Å²) in [6.07, 6.45) is 1.60. The lowest BCUT2D eigenvalue weighted by Crippen LogP contribution is -2.58. The number of nitrogens with one attached hydrogen (secondary N) is 1. The summed E-state index contributed by atoms with van der Waals surface area (Å²) < 4.78 is 1.98. The van der Waals surface area contributed by atoms with Gasteiger partial charge in [-0.05, 0) is 41.3 Å². The van der Waals surface area contributed by atoms with E-state index in [1.807, 2.05) is 4.68 Å². The van der Waals surface area contributed by atoms with Crippen molar-refractivity contribution in [2.45, 2.75) is 58.7 Å². The van der Waals surface area contributed by atoms with E-state index in [0.717, 1.165) is 35.8 Å². The molecule has 0 aliphatic rings. The second kappa shape index (κ2) is 6.89. The van der Waals surface area contributed by atoms with Crippen LogP contribution in [0.5, 0.6) is 0 Å². The number of nitrogens with two attached hydrogens (primary N) is 1. The zero-order valence-electron chi connectivity index (χ0n) is 13.5. The van der Waals surface area contributed by atoms with Crippen LogP contribution in [-0.2, 0) is 19.4 Å². The maximum atomic E-state index is 6.47. The van der Waals surface area contributed by atoms with Crippen molar-refractivity contribution in [1.29, 1.82) is 0 Å². The molecule has 3 N–H and O–H groups in total. The normalized spacial score (nSPS) is 14.1. The Hall–Kier alpha value is -0.620. The van der Waals surface area contributed by atoms with Gasteiger partial charge in [0.2, 0.25) is 0 Å². The minimum absolute atomic E-state index is 0.0849. The van der Waals surface area contributed by atoms with E-state index in [4.69, 9.17) is 17.4 Å². The standard InChI is InChI=1S/C14H28ClN5/c1-7-10-13(15)11(20(8-2)18-10)9-12(17-16)14(3,4)19(5)6/h12,17H,7-9,16H2,1-6H3. The van der Waals surface area contributed by atoms with Crippen molar-refractivity contribution in [3.8, 4) is 0 Å². The van der Waals surface area contributed by atoms with Crippen molar-refractivity contribution in [1.82, 2.24) is 20.1 Å². The highest BCUT2D eigenvalue weighted by Gasteiger charge is 2.32. The maximum absolute atomic E-state index is 6.47. The predicted molar refractivity (Wildman–Crippen MR) is 84.9 cm³/mol. The van der Waals surface area contributed by atoms with E-state index in [9.17, 15) is 0 Å². The fourth-order valence-corrected chi connectivity index (χ4v) is 2.58. The Balaban J connectivity index is 3.10. The van der Waals surface area contributed by atoms with E-state index < -0.39 is 0 Å². The van der Waals surface area contributed by atoms with E-state index in [0.29, 0.717) is 0 Å². The highest BCUT2D eigenvalue weighted by atomic mass is 35.5. The minimum Gasteiger partial charge on any atom is -0.303 e. The summed E-state index contributed by atoms with van der Waals surface area (Å²) >= 11 is 6.47. The molecule has 0 bridgehead atoms. The summed E-state index contributed by atoms with van der Waals surface area (Å²) in [5, 5.41) is 5.35. The molecule has 0 aliphatic heterocycles. The summed E-state index contributed by atoms with van der Waals surface area (Å²) in [5.41, 5.74) is 4.87. The molecule has 1 rings (SSSR count). The summed E-state index contributed by atoms with van der Waals surface area (Å²) in [5.74, 6) is 5.78. The summed E-state index contributed by atoms with van der Waals surface area (Å²) in [4.78, 5) is 2.17.